The first-order chi connectivity index (χ1) is 7.83. The van der Waals surface area contributed by atoms with Crippen molar-refractivity contribution in [3.05, 3.63) is 42.0 Å². The molecule has 3 heteroatoms. The summed E-state index contributed by atoms with van der Waals surface area (Å²) in [6.07, 6.45) is 4.07. The van der Waals surface area contributed by atoms with Gasteiger partial charge < -0.3 is 4.74 Å². The third-order valence-electron chi connectivity index (χ3n) is 2.31. The molecule has 0 bridgehead atoms. The van der Waals surface area contributed by atoms with Gasteiger partial charge in [0.1, 0.15) is 0 Å². The largest absolute Gasteiger partial charge is 0.481 e. The lowest BCUT2D eigenvalue weighted by Gasteiger charge is -2.02. The van der Waals surface area contributed by atoms with E-state index in [1.807, 2.05) is 30.3 Å². The molecule has 0 saturated heterocycles. The van der Waals surface area contributed by atoms with Crippen LogP contribution in [0.1, 0.15) is 5.56 Å². The number of hydrogen-bond donors (Lipinski definition) is 1. The summed E-state index contributed by atoms with van der Waals surface area (Å²) < 4.78 is 5.08. The maximum Gasteiger partial charge on any atom is 0.213 e. The molecule has 0 aliphatic carbocycles. The van der Waals surface area contributed by atoms with Gasteiger partial charge in [0.25, 0.3) is 0 Å². The second-order valence-corrected chi connectivity index (χ2v) is 3.76. The Balaban J connectivity index is 2.43. The first-order valence-corrected chi connectivity index (χ1v) is 5.69. The van der Waals surface area contributed by atoms with Crippen LogP contribution in [0.25, 0.3) is 17.0 Å². The van der Waals surface area contributed by atoms with Crippen molar-refractivity contribution in [1.82, 2.24) is 4.98 Å². The van der Waals surface area contributed by atoms with Crippen molar-refractivity contribution in [2.24, 2.45) is 0 Å². The molecule has 0 N–H and O–H groups in total. The molecule has 16 heavy (non-hydrogen) atoms. The van der Waals surface area contributed by atoms with Crippen molar-refractivity contribution in [3.63, 3.8) is 0 Å². The van der Waals surface area contributed by atoms with Gasteiger partial charge in [0, 0.05) is 17.2 Å². The Hall–Kier alpha value is -1.48. The summed E-state index contributed by atoms with van der Waals surface area (Å²) in [5.74, 6) is 1.39. The average molecular weight is 231 g/mol. The van der Waals surface area contributed by atoms with Crippen molar-refractivity contribution >= 4 is 29.6 Å². The molecule has 0 spiro atoms. The predicted molar refractivity (Wildman–Crippen MR) is 71.2 cm³/mol. The molecule has 0 aliphatic rings. The van der Waals surface area contributed by atoms with Gasteiger partial charge in [-0.15, -0.1) is 0 Å². The van der Waals surface area contributed by atoms with E-state index in [0.29, 0.717) is 5.88 Å². The van der Waals surface area contributed by atoms with Crippen LogP contribution in [-0.2, 0) is 0 Å². The molecule has 1 aromatic carbocycles. The smallest absolute Gasteiger partial charge is 0.213 e. The summed E-state index contributed by atoms with van der Waals surface area (Å²) >= 11 is 4.13. The van der Waals surface area contributed by atoms with Crippen molar-refractivity contribution < 1.29 is 4.74 Å². The zero-order chi connectivity index (χ0) is 11.4. The van der Waals surface area contributed by atoms with Crippen molar-refractivity contribution in [2.75, 3.05) is 12.9 Å². The van der Waals surface area contributed by atoms with Gasteiger partial charge in [-0.05, 0) is 23.8 Å². The van der Waals surface area contributed by atoms with Crippen LogP contribution in [-0.4, -0.2) is 17.8 Å². The fourth-order valence-electron chi connectivity index (χ4n) is 1.53. The van der Waals surface area contributed by atoms with E-state index >= 15 is 0 Å². The maximum absolute atomic E-state index is 5.08. The third kappa shape index (κ3) is 2.36. The minimum absolute atomic E-state index is 0.645. The van der Waals surface area contributed by atoms with Gasteiger partial charge >= 0.3 is 0 Å². The molecule has 0 fully saturated rings. The number of pyridine rings is 1. The van der Waals surface area contributed by atoms with Crippen molar-refractivity contribution in [3.8, 4) is 5.88 Å². The second-order valence-electron chi connectivity index (χ2n) is 3.39. The van der Waals surface area contributed by atoms with Gasteiger partial charge in [-0.2, -0.15) is 12.6 Å². The molecule has 0 aliphatic heterocycles. The van der Waals surface area contributed by atoms with E-state index < -0.39 is 0 Å². The summed E-state index contributed by atoms with van der Waals surface area (Å²) in [6, 6.07) is 10.0. The van der Waals surface area contributed by atoms with E-state index in [4.69, 9.17) is 4.74 Å². The number of ether oxygens (including phenoxy) is 1. The standard InChI is InChI=1S/C13H13NOS/c1-15-13-7-5-11-9-10(3-2-8-16)4-6-12(11)14-13/h2-7,9,16H,8H2,1H3. The number of benzene rings is 1. The summed E-state index contributed by atoms with van der Waals surface area (Å²) in [5.41, 5.74) is 2.11. The highest BCUT2D eigenvalue weighted by atomic mass is 32.1. The minimum Gasteiger partial charge on any atom is -0.481 e. The Bertz CT molecular complexity index is 522. The van der Waals surface area contributed by atoms with Crippen LogP contribution in [0, 0.1) is 0 Å². The molecule has 1 aromatic heterocycles. The van der Waals surface area contributed by atoms with E-state index in [-0.39, 0.29) is 0 Å². The zero-order valence-corrected chi connectivity index (χ0v) is 9.95. The van der Waals surface area contributed by atoms with E-state index in [1.165, 1.54) is 0 Å². The Morgan fingerprint density at radius 2 is 2.19 bits per heavy atom. The highest BCUT2D eigenvalue weighted by Gasteiger charge is 1.98. The van der Waals surface area contributed by atoms with Gasteiger partial charge in [-0.1, -0.05) is 18.2 Å². The lowest BCUT2D eigenvalue weighted by atomic mass is 10.1. The van der Waals surface area contributed by atoms with Crippen LogP contribution in [0.3, 0.4) is 0 Å². The lowest BCUT2D eigenvalue weighted by molar-refractivity contribution is 0.399. The first-order valence-electron chi connectivity index (χ1n) is 5.05. The van der Waals surface area contributed by atoms with Gasteiger partial charge in [-0.3, -0.25) is 0 Å². The summed E-state index contributed by atoms with van der Waals surface area (Å²) in [6.45, 7) is 0. The maximum atomic E-state index is 5.08. The Labute approximate surface area is 100 Å². The number of fused-ring (bicyclic) bond motifs is 1. The molecule has 0 atom stereocenters. The number of aromatic nitrogens is 1. The fraction of sp³-hybridized carbons (Fsp3) is 0.154. The molecule has 0 amide bonds. The quantitative estimate of drug-likeness (QED) is 0.819. The van der Waals surface area contributed by atoms with Crippen LogP contribution in [0.15, 0.2) is 36.4 Å². The molecular formula is C13H13NOS. The number of thiol groups is 1. The van der Waals surface area contributed by atoms with Gasteiger partial charge in [0.2, 0.25) is 5.88 Å². The molecule has 82 valence electrons. The number of nitrogens with zero attached hydrogens (tertiary/aromatic N) is 1. The van der Waals surface area contributed by atoms with Crippen molar-refractivity contribution in [1.29, 1.82) is 0 Å². The van der Waals surface area contributed by atoms with E-state index in [9.17, 15) is 0 Å². The van der Waals surface area contributed by atoms with Crippen LogP contribution < -0.4 is 4.74 Å². The van der Waals surface area contributed by atoms with E-state index in [1.54, 1.807) is 7.11 Å². The fourth-order valence-corrected chi connectivity index (χ4v) is 1.64. The average Bonchev–Trinajstić information content (AvgIpc) is 2.35. The van der Waals surface area contributed by atoms with Gasteiger partial charge in [0.15, 0.2) is 0 Å². The minimum atomic E-state index is 0.645. The molecule has 2 rings (SSSR count). The van der Waals surface area contributed by atoms with Crippen LogP contribution in [0.2, 0.25) is 0 Å². The highest BCUT2D eigenvalue weighted by Crippen LogP contribution is 2.18. The van der Waals surface area contributed by atoms with Gasteiger partial charge in [0.05, 0.1) is 12.6 Å². The summed E-state index contributed by atoms with van der Waals surface area (Å²) in [5, 5.41) is 1.11. The van der Waals surface area contributed by atoms with Crippen LogP contribution in [0.4, 0.5) is 0 Å². The number of rotatable bonds is 3. The Morgan fingerprint density at radius 1 is 1.31 bits per heavy atom. The highest BCUT2D eigenvalue weighted by molar-refractivity contribution is 7.80. The second kappa shape index (κ2) is 5.03. The Kier molecular flexibility index (Phi) is 3.47. The van der Waals surface area contributed by atoms with Gasteiger partial charge in [-0.25, -0.2) is 4.98 Å². The molecule has 0 saturated carbocycles. The molecular weight excluding hydrogens is 218 g/mol. The number of methoxy groups -OCH3 is 1. The zero-order valence-electron chi connectivity index (χ0n) is 9.05. The SMILES string of the molecule is COc1ccc2cc(C=CCS)ccc2n1. The number of hydrogen-bond acceptors (Lipinski definition) is 3. The molecule has 2 nitrogen and oxygen atoms in total. The monoisotopic (exact) mass is 231 g/mol. The van der Waals surface area contributed by atoms with Crippen molar-refractivity contribution in [2.45, 2.75) is 0 Å². The first kappa shape index (κ1) is 11.0. The molecule has 0 radical (unpaired) electrons. The van der Waals surface area contributed by atoms with E-state index in [0.717, 1.165) is 22.2 Å². The lowest BCUT2D eigenvalue weighted by Crippen LogP contribution is -1.87. The third-order valence-corrected chi connectivity index (χ3v) is 2.52. The van der Waals surface area contributed by atoms with Crippen LogP contribution in [0.5, 0.6) is 5.88 Å². The normalized spacial score (nSPS) is 11.1. The molecule has 2 aromatic rings. The molecule has 1 heterocycles. The summed E-state index contributed by atoms with van der Waals surface area (Å²) in [4.78, 5) is 4.35. The Morgan fingerprint density at radius 3 is 2.94 bits per heavy atom. The predicted octanol–water partition coefficient (Wildman–Crippen LogP) is 3.19. The molecule has 0 unspecified atom stereocenters. The van der Waals surface area contributed by atoms with Crippen LogP contribution >= 0.6 is 12.6 Å². The summed E-state index contributed by atoms with van der Waals surface area (Å²) in [7, 11) is 1.62. The van der Waals surface area contributed by atoms with E-state index in [2.05, 4.69) is 29.8 Å². The topological polar surface area (TPSA) is 22.1 Å².